The SMILES string of the molecule is Cc1cc(NC2=CCC(c3ccccc3)C=C2)cc2ccccc12. The maximum atomic E-state index is 3.56. The summed E-state index contributed by atoms with van der Waals surface area (Å²) in [5.74, 6) is 0.482. The number of hydrogen-bond acceptors (Lipinski definition) is 1. The number of allylic oxidation sites excluding steroid dienone is 3. The highest BCUT2D eigenvalue weighted by atomic mass is 14.9. The molecule has 1 aliphatic carbocycles. The van der Waals surface area contributed by atoms with Gasteiger partial charge >= 0.3 is 0 Å². The van der Waals surface area contributed by atoms with Crippen LogP contribution in [-0.4, -0.2) is 0 Å². The van der Waals surface area contributed by atoms with Crippen molar-refractivity contribution >= 4 is 16.5 Å². The van der Waals surface area contributed by atoms with E-state index in [0.717, 1.165) is 12.1 Å². The van der Waals surface area contributed by atoms with Crippen molar-refractivity contribution in [1.29, 1.82) is 0 Å². The molecule has 0 heterocycles. The van der Waals surface area contributed by atoms with Crippen molar-refractivity contribution in [3.05, 3.63) is 102 Å². The standard InChI is InChI=1S/C23H21N/c1-17-15-22(16-20-9-5-6-10-23(17)20)24-21-13-11-19(12-14-21)18-7-3-2-4-8-18/h2-11,13-16,19,24H,12H2,1H3. The monoisotopic (exact) mass is 311 g/mol. The first-order valence-electron chi connectivity index (χ1n) is 8.49. The first-order valence-corrected chi connectivity index (χ1v) is 8.49. The lowest BCUT2D eigenvalue weighted by Gasteiger charge is -2.18. The van der Waals surface area contributed by atoms with Crippen LogP contribution in [0.15, 0.2) is 90.7 Å². The molecule has 24 heavy (non-hydrogen) atoms. The van der Waals surface area contributed by atoms with Gasteiger partial charge in [-0.3, -0.25) is 0 Å². The maximum Gasteiger partial charge on any atom is 0.0393 e. The van der Waals surface area contributed by atoms with Crippen LogP contribution in [0.3, 0.4) is 0 Å². The Morgan fingerprint density at radius 3 is 2.50 bits per heavy atom. The highest BCUT2D eigenvalue weighted by Gasteiger charge is 2.11. The van der Waals surface area contributed by atoms with E-state index in [-0.39, 0.29) is 0 Å². The van der Waals surface area contributed by atoms with Gasteiger partial charge in [-0.05, 0) is 53.5 Å². The average Bonchev–Trinajstić information content (AvgIpc) is 2.63. The van der Waals surface area contributed by atoms with Crippen LogP contribution in [0.2, 0.25) is 0 Å². The number of fused-ring (bicyclic) bond motifs is 1. The molecule has 1 nitrogen and oxygen atoms in total. The Kier molecular flexibility index (Phi) is 3.92. The molecule has 3 aromatic carbocycles. The van der Waals surface area contributed by atoms with Crippen molar-refractivity contribution in [3.8, 4) is 0 Å². The third kappa shape index (κ3) is 2.98. The Bertz CT molecular complexity index is 919. The number of anilines is 1. The number of rotatable bonds is 3. The lowest BCUT2D eigenvalue weighted by Crippen LogP contribution is -2.04. The van der Waals surface area contributed by atoms with Crippen molar-refractivity contribution in [2.45, 2.75) is 19.3 Å². The van der Waals surface area contributed by atoms with Gasteiger partial charge < -0.3 is 5.32 Å². The molecule has 0 saturated carbocycles. The van der Waals surface area contributed by atoms with Gasteiger partial charge in [0.2, 0.25) is 0 Å². The number of nitrogens with one attached hydrogen (secondary N) is 1. The Hall–Kier alpha value is -2.80. The summed E-state index contributed by atoms with van der Waals surface area (Å²) in [7, 11) is 0. The minimum absolute atomic E-state index is 0.482. The summed E-state index contributed by atoms with van der Waals surface area (Å²) in [5.41, 5.74) is 5.01. The van der Waals surface area contributed by atoms with E-state index in [2.05, 4.69) is 97.2 Å². The first kappa shape index (κ1) is 14.8. The molecule has 1 heteroatoms. The minimum Gasteiger partial charge on any atom is -0.356 e. The molecule has 1 atom stereocenters. The fraction of sp³-hybridized carbons (Fsp3) is 0.130. The largest absolute Gasteiger partial charge is 0.356 e. The molecule has 0 spiro atoms. The van der Waals surface area contributed by atoms with Gasteiger partial charge in [0.15, 0.2) is 0 Å². The van der Waals surface area contributed by atoms with Gasteiger partial charge in [-0.15, -0.1) is 0 Å². The maximum absolute atomic E-state index is 3.56. The molecule has 0 bridgehead atoms. The van der Waals surface area contributed by atoms with E-state index in [0.29, 0.717) is 5.92 Å². The van der Waals surface area contributed by atoms with Crippen molar-refractivity contribution in [2.75, 3.05) is 5.32 Å². The zero-order valence-corrected chi connectivity index (χ0v) is 13.9. The lowest BCUT2D eigenvalue weighted by atomic mass is 9.92. The van der Waals surface area contributed by atoms with Gasteiger partial charge in [-0.25, -0.2) is 0 Å². The summed E-state index contributed by atoms with van der Waals surface area (Å²) in [6, 6.07) is 23.7. The van der Waals surface area contributed by atoms with Crippen LogP contribution in [0.25, 0.3) is 10.8 Å². The molecule has 118 valence electrons. The van der Waals surface area contributed by atoms with Crippen LogP contribution in [0.4, 0.5) is 5.69 Å². The molecule has 0 radical (unpaired) electrons. The lowest BCUT2D eigenvalue weighted by molar-refractivity contribution is 0.846. The van der Waals surface area contributed by atoms with Gasteiger partial charge in [-0.2, -0.15) is 0 Å². The highest BCUT2D eigenvalue weighted by Crippen LogP contribution is 2.28. The van der Waals surface area contributed by atoms with E-state index in [4.69, 9.17) is 0 Å². The second-order valence-electron chi connectivity index (χ2n) is 6.41. The molecule has 3 aromatic rings. The van der Waals surface area contributed by atoms with Gasteiger partial charge in [0.25, 0.3) is 0 Å². The zero-order valence-electron chi connectivity index (χ0n) is 13.9. The number of benzene rings is 3. The summed E-state index contributed by atoms with van der Waals surface area (Å²) in [5, 5.41) is 6.16. The molecule has 1 unspecified atom stereocenters. The van der Waals surface area contributed by atoms with Crippen molar-refractivity contribution in [2.24, 2.45) is 0 Å². The Labute approximate surface area is 143 Å². The smallest absolute Gasteiger partial charge is 0.0393 e. The minimum atomic E-state index is 0.482. The van der Waals surface area contributed by atoms with E-state index in [1.165, 1.54) is 27.6 Å². The summed E-state index contributed by atoms with van der Waals surface area (Å²) < 4.78 is 0. The van der Waals surface area contributed by atoms with E-state index in [9.17, 15) is 0 Å². The van der Waals surface area contributed by atoms with E-state index in [1.54, 1.807) is 0 Å². The van der Waals surface area contributed by atoms with Crippen LogP contribution >= 0.6 is 0 Å². The van der Waals surface area contributed by atoms with Crippen molar-refractivity contribution in [3.63, 3.8) is 0 Å². The summed E-state index contributed by atoms with van der Waals surface area (Å²) >= 11 is 0. The quantitative estimate of drug-likeness (QED) is 0.608. The predicted molar refractivity (Wildman–Crippen MR) is 103 cm³/mol. The average molecular weight is 311 g/mol. The Morgan fingerprint density at radius 1 is 0.917 bits per heavy atom. The van der Waals surface area contributed by atoms with Crippen LogP contribution in [0.5, 0.6) is 0 Å². The van der Waals surface area contributed by atoms with Gasteiger partial charge in [0.05, 0.1) is 0 Å². The molecule has 0 fully saturated rings. The zero-order chi connectivity index (χ0) is 16.4. The van der Waals surface area contributed by atoms with Crippen molar-refractivity contribution < 1.29 is 0 Å². The molecule has 0 aliphatic heterocycles. The van der Waals surface area contributed by atoms with E-state index in [1.807, 2.05) is 0 Å². The highest BCUT2D eigenvalue weighted by molar-refractivity contribution is 5.89. The Morgan fingerprint density at radius 2 is 1.71 bits per heavy atom. The van der Waals surface area contributed by atoms with Gasteiger partial charge in [0.1, 0.15) is 0 Å². The van der Waals surface area contributed by atoms with Gasteiger partial charge in [-0.1, -0.05) is 66.7 Å². The molecular weight excluding hydrogens is 290 g/mol. The Balaban J connectivity index is 1.53. The first-order chi connectivity index (χ1) is 11.8. The van der Waals surface area contributed by atoms with Crippen LogP contribution in [0.1, 0.15) is 23.5 Å². The second-order valence-corrected chi connectivity index (χ2v) is 6.41. The second kappa shape index (κ2) is 6.37. The van der Waals surface area contributed by atoms with Crippen LogP contribution < -0.4 is 5.32 Å². The fourth-order valence-electron chi connectivity index (χ4n) is 3.40. The molecule has 0 saturated heterocycles. The third-order valence-corrected chi connectivity index (χ3v) is 4.68. The predicted octanol–water partition coefficient (Wildman–Crippen LogP) is 6.19. The molecule has 0 aromatic heterocycles. The van der Waals surface area contributed by atoms with Crippen LogP contribution in [-0.2, 0) is 0 Å². The topological polar surface area (TPSA) is 12.0 Å². The number of aryl methyl sites for hydroxylation is 1. The van der Waals surface area contributed by atoms with Crippen LogP contribution in [0, 0.1) is 6.92 Å². The summed E-state index contributed by atoms with van der Waals surface area (Å²) in [4.78, 5) is 0. The normalized spacial score (nSPS) is 16.9. The number of hydrogen-bond donors (Lipinski definition) is 1. The van der Waals surface area contributed by atoms with E-state index >= 15 is 0 Å². The summed E-state index contributed by atoms with van der Waals surface area (Å²) in [6.07, 6.45) is 7.83. The molecular formula is C23H21N. The fourth-order valence-corrected chi connectivity index (χ4v) is 3.40. The van der Waals surface area contributed by atoms with Gasteiger partial charge in [0, 0.05) is 17.3 Å². The molecule has 1 N–H and O–H groups in total. The van der Waals surface area contributed by atoms with Crippen molar-refractivity contribution in [1.82, 2.24) is 0 Å². The summed E-state index contributed by atoms with van der Waals surface area (Å²) in [6.45, 7) is 2.17. The molecule has 1 aliphatic rings. The van der Waals surface area contributed by atoms with E-state index < -0.39 is 0 Å². The molecule has 4 rings (SSSR count). The third-order valence-electron chi connectivity index (χ3n) is 4.68. The molecule has 0 amide bonds.